The van der Waals surface area contributed by atoms with Gasteiger partial charge in [-0.2, -0.15) is 0 Å². The largest absolute Gasteiger partial charge is 0.300 e. The van der Waals surface area contributed by atoms with Gasteiger partial charge in [0.05, 0.1) is 11.1 Å². The SMILES string of the molecule is CCCN(CCC)C1Cc2cc3c(cc2C1)C(=O)NC3=O.[HH]. The van der Waals surface area contributed by atoms with Gasteiger partial charge in [-0.15, -0.1) is 0 Å². The highest BCUT2D eigenvalue weighted by molar-refractivity contribution is 6.21. The molecule has 1 aromatic carbocycles. The van der Waals surface area contributed by atoms with Gasteiger partial charge in [0.1, 0.15) is 0 Å². The highest BCUT2D eigenvalue weighted by Crippen LogP contribution is 2.30. The number of imide groups is 1. The highest BCUT2D eigenvalue weighted by Gasteiger charge is 2.32. The van der Waals surface area contributed by atoms with Crippen LogP contribution in [-0.4, -0.2) is 35.8 Å². The molecule has 114 valence electrons. The minimum Gasteiger partial charge on any atom is -0.300 e. The molecular weight excluding hydrogens is 264 g/mol. The lowest BCUT2D eigenvalue weighted by molar-refractivity contribution is 0.0879. The van der Waals surface area contributed by atoms with E-state index in [1.54, 1.807) is 0 Å². The Bertz CT molecular complexity index is 552. The molecule has 4 nitrogen and oxygen atoms in total. The van der Waals surface area contributed by atoms with Crippen molar-refractivity contribution in [3.8, 4) is 0 Å². The monoisotopic (exact) mass is 288 g/mol. The van der Waals surface area contributed by atoms with Crippen molar-refractivity contribution in [1.29, 1.82) is 0 Å². The van der Waals surface area contributed by atoms with E-state index in [1.165, 1.54) is 11.1 Å². The molecule has 1 aliphatic heterocycles. The molecule has 1 aromatic rings. The summed E-state index contributed by atoms with van der Waals surface area (Å²) in [6.45, 7) is 6.65. The number of fused-ring (bicyclic) bond motifs is 2. The molecule has 0 atom stereocenters. The summed E-state index contributed by atoms with van der Waals surface area (Å²) >= 11 is 0. The molecule has 0 saturated carbocycles. The Morgan fingerprint density at radius 2 is 1.52 bits per heavy atom. The smallest absolute Gasteiger partial charge is 0.258 e. The zero-order valence-corrected chi connectivity index (χ0v) is 12.7. The summed E-state index contributed by atoms with van der Waals surface area (Å²) < 4.78 is 0. The number of nitrogens with one attached hydrogen (secondary N) is 1. The average Bonchev–Trinajstić information content (AvgIpc) is 2.98. The topological polar surface area (TPSA) is 49.4 Å². The Kier molecular flexibility index (Phi) is 3.81. The second-order valence-corrected chi connectivity index (χ2v) is 6.05. The third-order valence-electron chi connectivity index (χ3n) is 4.51. The Balaban J connectivity index is 0.00000176. The van der Waals surface area contributed by atoms with Crippen molar-refractivity contribution in [3.63, 3.8) is 0 Å². The van der Waals surface area contributed by atoms with E-state index in [2.05, 4.69) is 24.1 Å². The first-order valence-corrected chi connectivity index (χ1v) is 7.89. The number of amides is 2. The second kappa shape index (κ2) is 5.60. The molecular formula is C17H24N2O2. The van der Waals surface area contributed by atoms with Crippen LogP contribution in [0.5, 0.6) is 0 Å². The summed E-state index contributed by atoms with van der Waals surface area (Å²) in [5.41, 5.74) is 3.58. The highest BCUT2D eigenvalue weighted by atomic mass is 16.2. The van der Waals surface area contributed by atoms with E-state index >= 15 is 0 Å². The molecule has 0 fully saturated rings. The molecule has 21 heavy (non-hydrogen) atoms. The maximum Gasteiger partial charge on any atom is 0.258 e. The Morgan fingerprint density at radius 1 is 1.05 bits per heavy atom. The third kappa shape index (κ3) is 2.48. The first kappa shape index (κ1) is 14.3. The van der Waals surface area contributed by atoms with Crippen LogP contribution in [0.15, 0.2) is 12.1 Å². The minimum atomic E-state index is -0.250. The van der Waals surface area contributed by atoms with Gasteiger partial charge in [-0.1, -0.05) is 13.8 Å². The molecule has 0 radical (unpaired) electrons. The summed E-state index contributed by atoms with van der Waals surface area (Å²) in [6, 6.07) is 4.38. The van der Waals surface area contributed by atoms with E-state index in [9.17, 15) is 9.59 Å². The molecule has 2 aliphatic rings. The van der Waals surface area contributed by atoms with Gasteiger partial charge in [0.25, 0.3) is 11.8 Å². The Hall–Kier alpha value is -1.68. The van der Waals surface area contributed by atoms with E-state index in [1.807, 2.05) is 12.1 Å². The molecule has 1 heterocycles. The summed E-state index contributed by atoms with van der Waals surface area (Å²) in [5, 5.41) is 2.37. The predicted octanol–water partition coefficient (Wildman–Crippen LogP) is 2.41. The molecule has 0 saturated heterocycles. The summed E-state index contributed by atoms with van der Waals surface area (Å²) in [4.78, 5) is 26.1. The van der Waals surface area contributed by atoms with Crippen molar-refractivity contribution in [2.45, 2.75) is 45.6 Å². The van der Waals surface area contributed by atoms with Gasteiger partial charge >= 0.3 is 0 Å². The molecule has 1 aliphatic carbocycles. The van der Waals surface area contributed by atoms with Crippen LogP contribution in [0.1, 0.15) is 60.0 Å². The average molecular weight is 288 g/mol. The molecule has 0 aromatic heterocycles. The fourth-order valence-electron chi connectivity index (χ4n) is 3.57. The van der Waals surface area contributed by atoms with Crippen molar-refractivity contribution in [3.05, 3.63) is 34.4 Å². The van der Waals surface area contributed by atoms with Crippen LogP contribution in [0.2, 0.25) is 0 Å². The van der Waals surface area contributed by atoms with E-state index in [0.717, 1.165) is 38.8 Å². The van der Waals surface area contributed by atoms with Crippen molar-refractivity contribution in [2.75, 3.05) is 13.1 Å². The lowest BCUT2D eigenvalue weighted by Crippen LogP contribution is -2.37. The van der Waals surface area contributed by atoms with Crippen LogP contribution in [0.25, 0.3) is 0 Å². The van der Waals surface area contributed by atoms with Crippen LogP contribution >= 0.6 is 0 Å². The molecule has 4 heteroatoms. The van der Waals surface area contributed by atoms with Crippen molar-refractivity contribution < 1.29 is 11.0 Å². The fraction of sp³-hybridized carbons (Fsp3) is 0.529. The zero-order valence-electron chi connectivity index (χ0n) is 12.7. The summed E-state index contributed by atoms with van der Waals surface area (Å²) in [6.07, 6.45) is 4.29. The van der Waals surface area contributed by atoms with Gasteiger partial charge in [-0.3, -0.25) is 19.8 Å². The van der Waals surface area contributed by atoms with Crippen molar-refractivity contribution in [1.82, 2.24) is 10.2 Å². The predicted molar refractivity (Wildman–Crippen MR) is 83.7 cm³/mol. The van der Waals surface area contributed by atoms with Gasteiger partial charge in [0.2, 0.25) is 0 Å². The van der Waals surface area contributed by atoms with E-state index in [-0.39, 0.29) is 13.2 Å². The zero-order chi connectivity index (χ0) is 15.0. The summed E-state index contributed by atoms with van der Waals surface area (Å²) in [7, 11) is 0. The number of benzene rings is 1. The number of carbonyl (C=O) groups is 2. The van der Waals surface area contributed by atoms with Crippen LogP contribution in [0.3, 0.4) is 0 Å². The molecule has 0 unspecified atom stereocenters. The minimum absolute atomic E-state index is 0. The number of nitrogens with zero attached hydrogens (tertiary/aromatic N) is 1. The number of hydrogen-bond acceptors (Lipinski definition) is 3. The van der Waals surface area contributed by atoms with Gasteiger partial charge < -0.3 is 0 Å². The van der Waals surface area contributed by atoms with Crippen LogP contribution < -0.4 is 5.32 Å². The third-order valence-corrected chi connectivity index (χ3v) is 4.51. The van der Waals surface area contributed by atoms with Crippen molar-refractivity contribution >= 4 is 11.8 Å². The van der Waals surface area contributed by atoms with Gasteiger partial charge in [0, 0.05) is 7.47 Å². The Labute approximate surface area is 127 Å². The normalized spacial score (nSPS) is 17.3. The lowest BCUT2D eigenvalue weighted by atomic mass is 10.0. The Morgan fingerprint density at radius 3 is 1.95 bits per heavy atom. The van der Waals surface area contributed by atoms with Gasteiger partial charge in [-0.25, -0.2) is 0 Å². The van der Waals surface area contributed by atoms with Gasteiger partial charge in [0.15, 0.2) is 0 Å². The first-order valence-electron chi connectivity index (χ1n) is 7.89. The maximum absolute atomic E-state index is 11.8. The maximum atomic E-state index is 11.8. The number of carbonyl (C=O) groups excluding carboxylic acids is 2. The van der Waals surface area contributed by atoms with Crippen LogP contribution in [-0.2, 0) is 12.8 Å². The van der Waals surface area contributed by atoms with E-state index < -0.39 is 0 Å². The number of hydrogen-bond donors (Lipinski definition) is 1. The number of rotatable bonds is 5. The van der Waals surface area contributed by atoms with Crippen molar-refractivity contribution in [2.24, 2.45) is 0 Å². The van der Waals surface area contributed by atoms with Crippen LogP contribution in [0, 0.1) is 0 Å². The molecule has 3 rings (SSSR count). The van der Waals surface area contributed by atoms with E-state index in [0.29, 0.717) is 17.2 Å². The summed E-state index contributed by atoms with van der Waals surface area (Å²) in [5.74, 6) is -0.500. The first-order chi connectivity index (χ1) is 10.1. The molecule has 0 spiro atoms. The quantitative estimate of drug-likeness (QED) is 0.846. The molecule has 0 bridgehead atoms. The van der Waals surface area contributed by atoms with E-state index in [4.69, 9.17) is 0 Å². The lowest BCUT2D eigenvalue weighted by Gasteiger charge is -2.27. The van der Waals surface area contributed by atoms with Gasteiger partial charge in [-0.05, 0) is 62.0 Å². The standard InChI is InChI=1S/C17H22N2O2.H2/c1-3-5-19(6-4-2)13-7-11-9-14-15(10-12(11)8-13)17(21)18-16(14)20;/h9-10,13H,3-8H2,1-2H3,(H,18,20,21);1H. The second-order valence-electron chi connectivity index (χ2n) is 6.05. The molecule has 1 N–H and O–H groups in total. The fourth-order valence-corrected chi connectivity index (χ4v) is 3.57. The molecule has 2 amide bonds. The van der Waals surface area contributed by atoms with Crippen LogP contribution in [0.4, 0.5) is 0 Å².